The molecule has 2 aromatic rings. The Morgan fingerprint density at radius 3 is 2.74 bits per heavy atom. The van der Waals surface area contributed by atoms with Gasteiger partial charge in [-0.05, 0) is 30.5 Å². The summed E-state index contributed by atoms with van der Waals surface area (Å²) >= 11 is 0. The van der Waals surface area contributed by atoms with Crippen LogP contribution in [0.15, 0.2) is 47.7 Å². The second-order valence-corrected chi connectivity index (χ2v) is 6.23. The number of methoxy groups -OCH3 is 1. The number of hydrazone groups is 1. The molecule has 0 fully saturated rings. The highest BCUT2D eigenvalue weighted by molar-refractivity contribution is 5.94. The summed E-state index contributed by atoms with van der Waals surface area (Å²) in [5.74, 6) is -1.19. The van der Waals surface area contributed by atoms with Crippen LogP contribution in [0.5, 0.6) is 5.88 Å². The molecule has 142 valence electrons. The van der Waals surface area contributed by atoms with Crippen LogP contribution in [-0.2, 0) is 11.3 Å². The van der Waals surface area contributed by atoms with Crippen molar-refractivity contribution in [2.75, 3.05) is 7.11 Å². The molecule has 0 bridgehead atoms. The number of hydrogen-bond donors (Lipinski definition) is 0. The van der Waals surface area contributed by atoms with E-state index in [4.69, 9.17) is 4.74 Å². The van der Waals surface area contributed by atoms with Crippen molar-refractivity contribution >= 4 is 12.1 Å². The third-order valence-corrected chi connectivity index (χ3v) is 4.30. The number of hydrogen-bond acceptors (Lipinski definition) is 4. The Kier molecular flexibility index (Phi) is 5.63. The maximum atomic E-state index is 13.5. The van der Waals surface area contributed by atoms with Crippen molar-refractivity contribution < 1.29 is 18.3 Å². The third kappa shape index (κ3) is 4.39. The Morgan fingerprint density at radius 2 is 2.07 bits per heavy atom. The van der Waals surface area contributed by atoms with E-state index >= 15 is 0 Å². The molecule has 6 nitrogen and oxygen atoms in total. The number of carbonyl (C=O) groups is 1. The van der Waals surface area contributed by atoms with Gasteiger partial charge in [0.1, 0.15) is 11.6 Å². The summed E-state index contributed by atoms with van der Waals surface area (Å²) in [6, 6.07) is 4.46. The highest BCUT2D eigenvalue weighted by atomic mass is 19.1. The molecule has 3 rings (SSSR count). The van der Waals surface area contributed by atoms with E-state index in [0.29, 0.717) is 42.8 Å². The van der Waals surface area contributed by atoms with Gasteiger partial charge in [0.2, 0.25) is 5.88 Å². The van der Waals surface area contributed by atoms with E-state index in [9.17, 15) is 13.6 Å². The zero-order chi connectivity index (χ0) is 19.4. The number of rotatable bonds is 7. The molecule has 27 heavy (non-hydrogen) atoms. The standard InChI is InChI=1S/C19H20F2N4O2/c1-13(4-3-8-24-9-6-18(23-24)27-2)19(26)25-17(5-7-22-25)14-10-15(20)12-16(21)11-14/h6-7,9-12,17H,1,3-5,8H2,2H3. The SMILES string of the molecule is C=C(CCCn1ccc(OC)n1)C(=O)N1N=CCC1c1cc(F)cc(F)c1. The second kappa shape index (κ2) is 8.11. The molecule has 0 spiro atoms. The Balaban J connectivity index is 1.59. The molecule has 1 unspecified atom stereocenters. The van der Waals surface area contributed by atoms with Gasteiger partial charge in [0, 0.05) is 43.1 Å². The normalized spacial score (nSPS) is 16.0. The molecule has 1 aliphatic heterocycles. The Bertz CT molecular complexity index is 858. The fourth-order valence-corrected chi connectivity index (χ4v) is 2.95. The molecule has 0 saturated heterocycles. The van der Waals surface area contributed by atoms with E-state index in [1.165, 1.54) is 17.1 Å². The number of amides is 1. The van der Waals surface area contributed by atoms with Crippen LogP contribution in [0.1, 0.15) is 30.9 Å². The number of benzene rings is 1. The highest BCUT2D eigenvalue weighted by Crippen LogP contribution is 2.30. The zero-order valence-corrected chi connectivity index (χ0v) is 14.9. The van der Waals surface area contributed by atoms with E-state index in [2.05, 4.69) is 16.8 Å². The first-order valence-electron chi connectivity index (χ1n) is 8.55. The summed E-state index contributed by atoms with van der Waals surface area (Å²) < 4.78 is 33.8. The minimum Gasteiger partial charge on any atom is -0.480 e. The highest BCUT2D eigenvalue weighted by Gasteiger charge is 2.30. The summed E-state index contributed by atoms with van der Waals surface area (Å²) in [7, 11) is 1.55. The number of halogens is 2. The fourth-order valence-electron chi connectivity index (χ4n) is 2.95. The Morgan fingerprint density at radius 1 is 1.33 bits per heavy atom. The predicted octanol–water partition coefficient (Wildman–Crippen LogP) is 3.47. The summed E-state index contributed by atoms with van der Waals surface area (Å²) in [5, 5.41) is 9.51. The third-order valence-electron chi connectivity index (χ3n) is 4.30. The molecule has 1 amide bonds. The number of ether oxygens (including phenoxy) is 1. The quantitative estimate of drug-likeness (QED) is 0.698. The lowest BCUT2D eigenvalue weighted by atomic mass is 10.0. The second-order valence-electron chi connectivity index (χ2n) is 6.23. The molecule has 8 heteroatoms. The molecule has 0 aliphatic carbocycles. The summed E-state index contributed by atoms with van der Waals surface area (Å²) in [4.78, 5) is 12.7. The molecule has 1 aliphatic rings. The average molecular weight is 374 g/mol. The maximum absolute atomic E-state index is 13.5. The van der Waals surface area contributed by atoms with Gasteiger partial charge in [-0.1, -0.05) is 6.58 Å². The minimum atomic E-state index is -0.683. The van der Waals surface area contributed by atoms with Crippen molar-refractivity contribution in [3.05, 3.63) is 59.8 Å². The first-order chi connectivity index (χ1) is 13.0. The van der Waals surface area contributed by atoms with Crippen LogP contribution < -0.4 is 4.74 Å². The van der Waals surface area contributed by atoms with Crippen LogP contribution in [0.25, 0.3) is 0 Å². The van der Waals surface area contributed by atoms with Crippen molar-refractivity contribution in [3.8, 4) is 5.88 Å². The van der Waals surface area contributed by atoms with Gasteiger partial charge in [0.05, 0.1) is 13.2 Å². The van der Waals surface area contributed by atoms with Crippen LogP contribution in [0.2, 0.25) is 0 Å². The molecule has 1 atom stereocenters. The first-order valence-corrected chi connectivity index (χ1v) is 8.55. The van der Waals surface area contributed by atoms with Crippen LogP contribution in [0.4, 0.5) is 8.78 Å². The van der Waals surface area contributed by atoms with Gasteiger partial charge in [-0.25, -0.2) is 13.8 Å². The van der Waals surface area contributed by atoms with Crippen LogP contribution in [0, 0.1) is 11.6 Å². The van der Waals surface area contributed by atoms with Gasteiger partial charge in [-0.2, -0.15) is 5.10 Å². The lowest BCUT2D eigenvalue weighted by molar-refractivity contribution is -0.129. The first kappa shape index (κ1) is 18.8. The Hall–Kier alpha value is -3.03. The summed E-state index contributed by atoms with van der Waals surface area (Å²) in [5.41, 5.74) is 0.754. The Labute approximate surface area is 155 Å². The summed E-state index contributed by atoms with van der Waals surface area (Å²) in [6.07, 6.45) is 4.87. The van der Waals surface area contributed by atoms with Crippen LogP contribution >= 0.6 is 0 Å². The lowest BCUT2D eigenvalue weighted by Crippen LogP contribution is -2.28. The molecule has 0 saturated carbocycles. The number of nitrogens with zero attached hydrogens (tertiary/aromatic N) is 4. The van der Waals surface area contributed by atoms with E-state index in [-0.39, 0.29) is 5.91 Å². The largest absolute Gasteiger partial charge is 0.480 e. The lowest BCUT2D eigenvalue weighted by Gasteiger charge is -2.23. The van der Waals surface area contributed by atoms with Crippen molar-refractivity contribution in [2.45, 2.75) is 31.8 Å². The molecular formula is C19H20F2N4O2. The van der Waals surface area contributed by atoms with E-state index < -0.39 is 17.7 Å². The van der Waals surface area contributed by atoms with Crippen molar-refractivity contribution in [2.24, 2.45) is 5.10 Å². The minimum absolute atomic E-state index is 0.350. The molecular weight excluding hydrogens is 354 g/mol. The number of aromatic nitrogens is 2. The van der Waals surface area contributed by atoms with Crippen molar-refractivity contribution in [3.63, 3.8) is 0 Å². The van der Waals surface area contributed by atoms with Gasteiger partial charge in [0.25, 0.3) is 5.91 Å². The van der Waals surface area contributed by atoms with E-state index in [1.54, 1.807) is 30.3 Å². The van der Waals surface area contributed by atoms with E-state index in [0.717, 1.165) is 6.07 Å². The van der Waals surface area contributed by atoms with Crippen LogP contribution in [-0.4, -0.2) is 34.0 Å². The number of aryl methyl sites for hydroxylation is 1. The topological polar surface area (TPSA) is 59.7 Å². The van der Waals surface area contributed by atoms with Gasteiger partial charge in [0.15, 0.2) is 0 Å². The molecule has 1 aromatic carbocycles. The smallest absolute Gasteiger partial charge is 0.269 e. The fraction of sp³-hybridized carbons (Fsp3) is 0.316. The number of carbonyl (C=O) groups excluding carboxylic acids is 1. The monoisotopic (exact) mass is 374 g/mol. The van der Waals surface area contributed by atoms with Crippen molar-refractivity contribution in [1.82, 2.24) is 14.8 Å². The molecule has 1 aromatic heterocycles. The van der Waals surface area contributed by atoms with E-state index in [1.807, 2.05) is 0 Å². The molecule has 0 radical (unpaired) electrons. The van der Waals surface area contributed by atoms with Gasteiger partial charge in [-0.3, -0.25) is 9.48 Å². The zero-order valence-electron chi connectivity index (χ0n) is 14.9. The average Bonchev–Trinajstić information content (AvgIpc) is 3.29. The maximum Gasteiger partial charge on any atom is 0.269 e. The summed E-state index contributed by atoms with van der Waals surface area (Å²) in [6.45, 7) is 4.46. The predicted molar refractivity (Wildman–Crippen MR) is 96.2 cm³/mol. The van der Waals surface area contributed by atoms with Crippen molar-refractivity contribution in [1.29, 1.82) is 0 Å². The van der Waals surface area contributed by atoms with Gasteiger partial charge < -0.3 is 4.74 Å². The van der Waals surface area contributed by atoms with Gasteiger partial charge >= 0.3 is 0 Å². The molecule has 2 heterocycles. The molecule has 0 N–H and O–H groups in total. The van der Waals surface area contributed by atoms with Crippen LogP contribution in [0.3, 0.4) is 0 Å². The van der Waals surface area contributed by atoms with Gasteiger partial charge in [-0.15, -0.1) is 5.10 Å².